The minimum atomic E-state index is 0.817. The fraction of sp³-hybridized carbons (Fsp3) is 0.692. The van der Waals surface area contributed by atoms with Gasteiger partial charge in [-0.3, -0.25) is 4.90 Å². The number of hydrogen-bond acceptors (Lipinski definition) is 3. The van der Waals surface area contributed by atoms with Gasteiger partial charge in [0.05, 0.1) is 12.8 Å². The molecule has 90 valence electrons. The first-order valence-corrected chi connectivity index (χ1v) is 6.21. The molecule has 3 nitrogen and oxygen atoms in total. The SMILES string of the molecule is CNCc1cc(CN2CCC(C)CC2)co1. The molecule has 1 aliphatic heterocycles. The van der Waals surface area contributed by atoms with Gasteiger partial charge in [-0.1, -0.05) is 6.92 Å². The van der Waals surface area contributed by atoms with E-state index in [1.165, 1.54) is 31.5 Å². The Kier molecular flexibility index (Phi) is 4.02. The summed E-state index contributed by atoms with van der Waals surface area (Å²) in [5.74, 6) is 1.93. The van der Waals surface area contributed by atoms with E-state index >= 15 is 0 Å². The highest BCUT2D eigenvalue weighted by Gasteiger charge is 2.16. The molecule has 1 aliphatic rings. The van der Waals surface area contributed by atoms with E-state index in [1.807, 2.05) is 13.3 Å². The first-order chi connectivity index (χ1) is 7.78. The summed E-state index contributed by atoms with van der Waals surface area (Å²) in [4.78, 5) is 2.52. The Hall–Kier alpha value is -0.800. The first kappa shape index (κ1) is 11.7. The Morgan fingerprint density at radius 1 is 1.44 bits per heavy atom. The van der Waals surface area contributed by atoms with E-state index in [4.69, 9.17) is 4.42 Å². The predicted octanol–water partition coefficient (Wildman–Crippen LogP) is 2.23. The van der Waals surface area contributed by atoms with Crippen LogP contribution in [0.5, 0.6) is 0 Å². The van der Waals surface area contributed by atoms with E-state index in [1.54, 1.807) is 0 Å². The summed E-state index contributed by atoms with van der Waals surface area (Å²) in [6.07, 6.45) is 4.56. The zero-order valence-electron chi connectivity index (χ0n) is 10.3. The van der Waals surface area contributed by atoms with Gasteiger partial charge in [0, 0.05) is 12.1 Å². The number of nitrogens with one attached hydrogen (secondary N) is 1. The maximum absolute atomic E-state index is 5.48. The summed E-state index contributed by atoms with van der Waals surface area (Å²) in [5, 5.41) is 3.10. The smallest absolute Gasteiger partial charge is 0.117 e. The molecule has 1 aromatic rings. The van der Waals surface area contributed by atoms with Gasteiger partial charge in [-0.2, -0.15) is 0 Å². The standard InChI is InChI=1S/C13H22N2O/c1-11-3-5-15(6-4-11)9-12-7-13(8-14-2)16-10-12/h7,10-11,14H,3-6,8-9H2,1-2H3. The second-order valence-corrected chi connectivity index (χ2v) is 4.91. The quantitative estimate of drug-likeness (QED) is 0.847. The van der Waals surface area contributed by atoms with Crippen molar-refractivity contribution in [1.29, 1.82) is 0 Å². The van der Waals surface area contributed by atoms with Gasteiger partial charge in [-0.15, -0.1) is 0 Å². The van der Waals surface area contributed by atoms with Crippen LogP contribution in [0.25, 0.3) is 0 Å². The van der Waals surface area contributed by atoms with Gasteiger partial charge < -0.3 is 9.73 Å². The Morgan fingerprint density at radius 3 is 2.88 bits per heavy atom. The highest BCUT2D eigenvalue weighted by molar-refractivity contribution is 5.12. The van der Waals surface area contributed by atoms with Crippen LogP contribution >= 0.6 is 0 Å². The second-order valence-electron chi connectivity index (χ2n) is 4.91. The van der Waals surface area contributed by atoms with E-state index in [2.05, 4.69) is 23.2 Å². The lowest BCUT2D eigenvalue weighted by molar-refractivity contribution is 0.185. The van der Waals surface area contributed by atoms with Crippen LogP contribution in [0, 0.1) is 5.92 Å². The van der Waals surface area contributed by atoms with Gasteiger partial charge in [0.25, 0.3) is 0 Å². The molecule has 1 aromatic heterocycles. The predicted molar refractivity (Wildman–Crippen MR) is 65.1 cm³/mol. The molecule has 1 saturated heterocycles. The van der Waals surface area contributed by atoms with Gasteiger partial charge in [0.1, 0.15) is 5.76 Å². The molecule has 0 saturated carbocycles. The molecule has 0 amide bonds. The van der Waals surface area contributed by atoms with E-state index in [-0.39, 0.29) is 0 Å². The first-order valence-electron chi connectivity index (χ1n) is 6.21. The van der Waals surface area contributed by atoms with Crippen molar-refractivity contribution >= 4 is 0 Å². The second kappa shape index (κ2) is 5.51. The van der Waals surface area contributed by atoms with Crippen LogP contribution in [-0.4, -0.2) is 25.0 Å². The van der Waals surface area contributed by atoms with Gasteiger partial charge in [-0.25, -0.2) is 0 Å². The number of nitrogens with zero attached hydrogens (tertiary/aromatic N) is 1. The van der Waals surface area contributed by atoms with Crippen molar-refractivity contribution in [2.75, 3.05) is 20.1 Å². The van der Waals surface area contributed by atoms with Crippen molar-refractivity contribution < 1.29 is 4.42 Å². The molecule has 1 N–H and O–H groups in total. The van der Waals surface area contributed by atoms with Gasteiger partial charge in [0.15, 0.2) is 0 Å². The van der Waals surface area contributed by atoms with Crippen LogP contribution in [0.1, 0.15) is 31.1 Å². The van der Waals surface area contributed by atoms with E-state index in [9.17, 15) is 0 Å². The lowest BCUT2D eigenvalue weighted by atomic mass is 9.99. The highest BCUT2D eigenvalue weighted by Crippen LogP contribution is 2.18. The molecule has 1 fully saturated rings. The molecule has 0 aliphatic carbocycles. The van der Waals surface area contributed by atoms with Gasteiger partial charge in [-0.05, 0) is 45.0 Å². The van der Waals surface area contributed by atoms with Crippen LogP contribution in [0.2, 0.25) is 0 Å². The minimum Gasteiger partial charge on any atom is -0.468 e. The molecule has 0 atom stereocenters. The van der Waals surface area contributed by atoms with Crippen LogP contribution in [-0.2, 0) is 13.1 Å². The number of hydrogen-bond donors (Lipinski definition) is 1. The topological polar surface area (TPSA) is 28.4 Å². The summed E-state index contributed by atoms with van der Waals surface area (Å²) < 4.78 is 5.48. The Bertz CT molecular complexity index is 313. The maximum atomic E-state index is 5.48. The van der Waals surface area contributed by atoms with Crippen molar-refractivity contribution in [3.05, 3.63) is 23.7 Å². The Labute approximate surface area is 97.8 Å². The molecular formula is C13H22N2O. The summed E-state index contributed by atoms with van der Waals surface area (Å²) in [5.41, 5.74) is 1.31. The average Bonchev–Trinajstić information content (AvgIpc) is 2.70. The normalized spacial score (nSPS) is 19.1. The van der Waals surface area contributed by atoms with Crippen molar-refractivity contribution in [3.8, 4) is 0 Å². The van der Waals surface area contributed by atoms with Crippen LogP contribution in [0.15, 0.2) is 16.7 Å². The van der Waals surface area contributed by atoms with Crippen LogP contribution in [0.4, 0.5) is 0 Å². The fourth-order valence-electron chi connectivity index (χ4n) is 2.25. The van der Waals surface area contributed by atoms with Crippen molar-refractivity contribution in [2.45, 2.75) is 32.9 Å². The molecule has 0 unspecified atom stereocenters. The fourth-order valence-corrected chi connectivity index (χ4v) is 2.25. The average molecular weight is 222 g/mol. The zero-order valence-corrected chi connectivity index (χ0v) is 10.3. The zero-order chi connectivity index (χ0) is 11.4. The highest BCUT2D eigenvalue weighted by atomic mass is 16.3. The van der Waals surface area contributed by atoms with Gasteiger partial charge >= 0.3 is 0 Å². The lowest BCUT2D eigenvalue weighted by Crippen LogP contribution is -2.32. The molecular weight excluding hydrogens is 200 g/mol. The van der Waals surface area contributed by atoms with Crippen molar-refractivity contribution in [2.24, 2.45) is 5.92 Å². The van der Waals surface area contributed by atoms with Crippen molar-refractivity contribution in [3.63, 3.8) is 0 Å². The van der Waals surface area contributed by atoms with E-state index in [0.717, 1.165) is 24.8 Å². The molecule has 3 heteroatoms. The van der Waals surface area contributed by atoms with Crippen molar-refractivity contribution in [1.82, 2.24) is 10.2 Å². The molecule has 0 aromatic carbocycles. The van der Waals surface area contributed by atoms with Gasteiger partial charge in [0.2, 0.25) is 0 Å². The molecule has 0 bridgehead atoms. The summed E-state index contributed by atoms with van der Waals surface area (Å²) in [6, 6.07) is 2.16. The molecule has 2 heterocycles. The lowest BCUT2D eigenvalue weighted by Gasteiger charge is -2.29. The number of furan rings is 1. The van der Waals surface area contributed by atoms with E-state index < -0.39 is 0 Å². The molecule has 16 heavy (non-hydrogen) atoms. The summed E-state index contributed by atoms with van der Waals surface area (Å²) >= 11 is 0. The Morgan fingerprint density at radius 2 is 2.19 bits per heavy atom. The van der Waals surface area contributed by atoms with Crippen LogP contribution in [0.3, 0.4) is 0 Å². The monoisotopic (exact) mass is 222 g/mol. The number of rotatable bonds is 4. The molecule has 0 radical (unpaired) electrons. The number of piperidine rings is 1. The number of likely N-dealkylation sites (tertiary alicyclic amines) is 1. The molecule has 0 spiro atoms. The van der Waals surface area contributed by atoms with Crippen LogP contribution < -0.4 is 5.32 Å². The maximum Gasteiger partial charge on any atom is 0.117 e. The Balaban J connectivity index is 1.83. The van der Waals surface area contributed by atoms with E-state index in [0.29, 0.717) is 0 Å². The third-order valence-electron chi connectivity index (χ3n) is 3.34. The molecule has 2 rings (SSSR count). The minimum absolute atomic E-state index is 0.817. The summed E-state index contributed by atoms with van der Waals surface area (Å²) in [6.45, 7) is 6.67. The summed E-state index contributed by atoms with van der Waals surface area (Å²) in [7, 11) is 1.94. The third-order valence-corrected chi connectivity index (χ3v) is 3.34. The third kappa shape index (κ3) is 3.09. The largest absolute Gasteiger partial charge is 0.468 e.